The molecular weight excluding hydrogens is 218 g/mol. The highest BCUT2D eigenvalue weighted by Crippen LogP contribution is 2.15. The minimum atomic E-state index is -1.11. The van der Waals surface area contributed by atoms with E-state index in [1.807, 2.05) is 30.3 Å². The predicted molar refractivity (Wildman–Crippen MR) is 64.6 cm³/mol. The fraction of sp³-hybridized carbons (Fsp3) is 0.0769. The summed E-state index contributed by atoms with van der Waals surface area (Å²) in [6.45, 7) is 0. The van der Waals surface area contributed by atoms with Crippen molar-refractivity contribution in [3.63, 3.8) is 0 Å². The summed E-state index contributed by atoms with van der Waals surface area (Å²) in [5, 5.41) is 9.49. The van der Waals surface area contributed by atoms with Crippen molar-refractivity contribution >= 4 is 28.7 Å². The fourth-order valence-corrected chi connectivity index (χ4v) is 1.58. The van der Waals surface area contributed by atoms with Gasteiger partial charge >= 0.3 is 5.97 Å². The molecule has 0 radical (unpaired) electrons. The lowest BCUT2D eigenvalue weighted by atomic mass is 10.2. The van der Waals surface area contributed by atoms with Gasteiger partial charge in [0.1, 0.15) is 6.42 Å². The average molecular weight is 229 g/mol. The number of aromatic nitrogens is 1. The van der Waals surface area contributed by atoms with Gasteiger partial charge < -0.3 is 10.1 Å². The quantitative estimate of drug-likeness (QED) is 0.623. The Morgan fingerprint density at radius 1 is 1.29 bits per heavy atom. The molecule has 0 spiro atoms. The molecule has 2 rings (SSSR count). The molecule has 0 aliphatic carbocycles. The van der Waals surface area contributed by atoms with Crippen LogP contribution in [0, 0.1) is 0 Å². The molecule has 17 heavy (non-hydrogen) atoms. The van der Waals surface area contributed by atoms with E-state index in [1.54, 1.807) is 6.08 Å². The van der Waals surface area contributed by atoms with Crippen molar-refractivity contribution in [3.05, 3.63) is 42.1 Å². The maximum atomic E-state index is 11.2. The molecule has 86 valence electrons. The first-order valence-corrected chi connectivity index (χ1v) is 5.15. The monoisotopic (exact) mass is 229 g/mol. The molecule has 0 unspecified atom stereocenters. The second kappa shape index (κ2) is 4.65. The number of carboxylic acid groups (broad SMARTS) is 1. The average Bonchev–Trinajstić information content (AvgIpc) is 2.68. The molecule has 1 aromatic carbocycles. The smallest absolute Gasteiger partial charge is 0.311 e. The summed E-state index contributed by atoms with van der Waals surface area (Å²) in [4.78, 5) is 24.6. The Balaban J connectivity index is 2.15. The minimum absolute atomic E-state index is 0.420. The van der Waals surface area contributed by atoms with E-state index < -0.39 is 18.2 Å². The number of hydrogen-bond donors (Lipinski definition) is 2. The van der Waals surface area contributed by atoms with E-state index in [-0.39, 0.29) is 0 Å². The van der Waals surface area contributed by atoms with Gasteiger partial charge in [0.25, 0.3) is 0 Å². The number of carbonyl (C=O) groups is 2. The molecule has 0 atom stereocenters. The van der Waals surface area contributed by atoms with Crippen LogP contribution in [0.25, 0.3) is 17.0 Å². The van der Waals surface area contributed by atoms with Crippen molar-refractivity contribution in [3.8, 4) is 0 Å². The number of H-pyrrole nitrogens is 1. The molecule has 0 bridgehead atoms. The predicted octanol–water partition coefficient (Wildman–Crippen LogP) is 2.22. The van der Waals surface area contributed by atoms with E-state index in [0.717, 1.165) is 16.6 Å². The summed E-state index contributed by atoms with van der Waals surface area (Å²) in [5.74, 6) is -1.53. The van der Waals surface area contributed by atoms with Crippen LogP contribution in [0.2, 0.25) is 0 Å². The number of nitrogens with one attached hydrogen (secondary N) is 1. The molecule has 2 N–H and O–H groups in total. The van der Waals surface area contributed by atoms with Crippen LogP contribution in [-0.4, -0.2) is 21.8 Å². The van der Waals surface area contributed by atoms with Crippen LogP contribution in [0.5, 0.6) is 0 Å². The molecule has 0 aliphatic rings. The van der Waals surface area contributed by atoms with Crippen molar-refractivity contribution in [1.29, 1.82) is 0 Å². The topological polar surface area (TPSA) is 70.2 Å². The van der Waals surface area contributed by atoms with Gasteiger partial charge in [0.15, 0.2) is 5.78 Å². The Bertz CT molecular complexity index is 562. The standard InChI is InChI=1S/C13H11NO3/c15-11(8-13(16)17)6-5-10-7-9-3-1-2-4-12(9)14-10/h1-7,14H,8H2,(H,16,17). The first-order chi connectivity index (χ1) is 8.15. The van der Waals surface area contributed by atoms with Gasteiger partial charge in [0, 0.05) is 11.2 Å². The molecule has 1 aromatic heterocycles. The molecule has 1 heterocycles. The molecule has 0 amide bonds. The normalized spacial score (nSPS) is 11.1. The van der Waals surface area contributed by atoms with Crippen LogP contribution in [0.1, 0.15) is 12.1 Å². The maximum Gasteiger partial charge on any atom is 0.311 e. The zero-order chi connectivity index (χ0) is 12.3. The Labute approximate surface area is 97.6 Å². The zero-order valence-corrected chi connectivity index (χ0v) is 9.01. The lowest BCUT2D eigenvalue weighted by Crippen LogP contribution is -2.02. The third-order valence-electron chi connectivity index (χ3n) is 2.33. The summed E-state index contributed by atoms with van der Waals surface area (Å²) in [5.41, 5.74) is 1.77. The second-order valence-electron chi connectivity index (χ2n) is 3.68. The fourth-order valence-electron chi connectivity index (χ4n) is 1.58. The largest absolute Gasteiger partial charge is 0.481 e. The van der Waals surface area contributed by atoms with Gasteiger partial charge in [-0.15, -0.1) is 0 Å². The Hall–Kier alpha value is -2.36. The number of aliphatic carboxylic acids is 1. The van der Waals surface area contributed by atoms with Crippen LogP contribution in [0.3, 0.4) is 0 Å². The van der Waals surface area contributed by atoms with Crippen LogP contribution >= 0.6 is 0 Å². The molecular formula is C13H11NO3. The van der Waals surface area contributed by atoms with Gasteiger partial charge in [-0.3, -0.25) is 9.59 Å². The van der Waals surface area contributed by atoms with Crippen molar-refractivity contribution in [1.82, 2.24) is 4.98 Å². The first kappa shape index (κ1) is 11.1. The molecule has 4 nitrogen and oxygen atoms in total. The highest BCUT2D eigenvalue weighted by molar-refractivity contribution is 6.03. The van der Waals surface area contributed by atoms with E-state index in [9.17, 15) is 9.59 Å². The van der Waals surface area contributed by atoms with Gasteiger partial charge in [-0.1, -0.05) is 18.2 Å². The van der Waals surface area contributed by atoms with E-state index in [1.165, 1.54) is 6.08 Å². The number of aromatic amines is 1. The van der Waals surface area contributed by atoms with Crippen molar-refractivity contribution in [2.24, 2.45) is 0 Å². The number of benzene rings is 1. The van der Waals surface area contributed by atoms with Gasteiger partial charge in [-0.05, 0) is 29.7 Å². The lowest BCUT2D eigenvalue weighted by Gasteiger charge is -1.88. The lowest BCUT2D eigenvalue weighted by molar-refractivity contribution is -0.139. The van der Waals surface area contributed by atoms with Crippen LogP contribution in [0.15, 0.2) is 36.4 Å². The van der Waals surface area contributed by atoms with Crippen molar-refractivity contribution < 1.29 is 14.7 Å². The summed E-state index contributed by atoms with van der Waals surface area (Å²) in [7, 11) is 0. The third kappa shape index (κ3) is 2.81. The SMILES string of the molecule is O=C(O)CC(=O)C=Cc1cc2ccccc2[nH]1. The summed E-state index contributed by atoms with van der Waals surface area (Å²) in [6, 6.07) is 9.65. The van der Waals surface area contributed by atoms with E-state index in [4.69, 9.17) is 5.11 Å². The Morgan fingerprint density at radius 3 is 2.76 bits per heavy atom. The molecule has 4 heteroatoms. The number of carbonyl (C=O) groups excluding carboxylic acids is 1. The Kier molecular flexibility index (Phi) is 3.05. The number of carboxylic acids is 1. The first-order valence-electron chi connectivity index (χ1n) is 5.15. The van der Waals surface area contributed by atoms with Gasteiger partial charge in [0.05, 0.1) is 0 Å². The van der Waals surface area contributed by atoms with Gasteiger partial charge in [-0.25, -0.2) is 0 Å². The van der Waals surface area contributed by atoms with E-state index in [2.05, 4.69) is 4.98 Å². The van der Waals surface area contributed by atoms with E-state index >= 15 is 0 Å². The number of fused-ring (bicyclic) bond motifs is 1. The second-order valence-corrected chi connectivity index (χ2v) is 3.68. The van der Waals surface area contributed by atoms with Crippen molar-refractivity contribution in [2.75, 3.05) is 0 Å². The minimum Gasteiger partial charge on any atom is -0.481 e. The molecule has 2 aromatic rings. The van der Waals surface area contributed by atoms with Crippen LogP contribution in [-0.2, 0) is 9.59 Å². The highest BCUT2D eigenvalue weighted by atomic mass is 16.4. The number of para-hydroxylation sites is 1. The molecule has 0 saturated heterocycles. The molecule has 0 fully saturated rings. The number of rotatable bonds is 4. The maximum absolute atomic E-state index is 11.2. The summed E-state index contributed by atoms with van der Waals surface area (Å²) in [6.07, 6.45) is 2.39. The van der Waals surface area contributed by atoms with E-state index in [0.29, 0.717) is 0 Å². The number of ketones is 1. The van der Waals surface area contributed by atoms with Gasteiger partial charge in [-0.2, -0.15) is 0 Å². The summed E-state index contributed by atoms with van der Waals surface area (Å²) < 4.78 is 0. The number of allylic oxidation sites excluding steroid dienone is 1. The van der Waals surface area contributed by atoms with Crippen LogP contribution in [0.4, 0.5) is 0 Å². The third-order valence-corrected chi connectivity index (χ3v) is 2.33. The zero-order valence-electron chi connectivity index (χ0n) is 9.01. The van der Waals surface area contributed by atoms with Crippen molar-refractivity contribution in [2.45, 2.75) is 6.42 Å². The number of hydrogen-bond acceptors (Lipinski definition) is 2. The summed E-state index contributed by atoms with van der Waals surface area (Å²) >= 11 is 0. The van der Waals surface area contributed by atoms with Gasteiger partial charge in [0.2, 0.25) is 0 Å². The Morgan fingerprint density at radius 2 is 2.06 bits per heavy atom. The van der Waals surface area contributed by atoms with Crippen LogP contribution < -0.4 is 0 Å². The molecule has 0 saturated carbocycles. The highest BCUT2D eigenvalue weighted by Gasteiger charge is 2.03. The molecule has 0 aliphatic heterocycles.